The molecule has 7 heteroatoms. The van der Waals surface area contributed by atoms with Gasteiger partial charge in [-0.05, 0) is 18.4 Å². The summed E-state index contributed by atoms with van der Waals surface area (Å²) in [6.45, 7) is 0. The van der Waals surface area contributed by atoms with Gasteiger partial charge < -0.3 is 4.74 Å². The van der Waals surface area contributed by atoms with Crippen molar-refractivity contribution in [3.8, 4) is 0 Å². The maximum Gasteiger partial charge on any atom is 0.339 e. The van der Waals surface area contributed by atoms with Gasteiger partial charge in [-0.25, -0.2) is 18.4 Å². The Kier molecular flexibility index (Phi) is 3.95. The number of thioether (sulfide) groups is 1. The highest BCUT2D eigenvalue weighted by Gasteiger charge is 2.23. The molecule has 0 atom stereocenters. The van der Waals surface area contributed by atoms with E-state index in [-0.39, 0.29) is 10.5 Å². The third-order valence-electron chi connectivity index (χ3n) is 1.89. The zero-order valence-electron chi connectivity index (χ0n) is 8.76. The molecule has 1 aromatic rings. The lowest BCUT2D eigenvalue weighted by Gasteiger charge is -2.09. The summed E-state index contributed by atoms with van der Waals surface area (Å²) < 4.78 is 27.3. The molecular weight excluding hydrogens is 250 g/mol. The van der Waals surface area contributed by atoms with E-state index in [0.29, 0.717) is 4.90 Å². The molecule has 16 heavy (non-hydrogen) atoms. The average molecular weight is 261 g/mol. The van der Waals surface area contributed by atoms with Gasteiger partial charge in [0.1, 0.15) is 4.90 Å². The minimum atomic E-state index is -3.95. The molecule has 0 saturated heterocycles. The molecular formula is C9H11NO4S2. The summed E-state index contributed by atoms with van der Waals surface area (Å²) in [5.41, 5.74) is -0.0446. The van der Waals surface area contributed by atoms with Crippen LogP contribution < -0.4 is 5.14 Å². The normalized spacial score (nSPS) is 11.2. The van der Waals surface area contributed by atoms with Gasteiger partial charge in [0.05, 0.1) is 12.7 Å². The van der Waals surface area contributed by atoms with Gasteiger partial charge in [0.2, 0.25) is 10.0 Å². The second-order valence-corrected chi connectivity index (χ2v) is 5.22. The molecule has 1 rings (SSSR count). The van der Waals surface area contributed by atoms with E-state index in [4.69, 9.17) is 5.14 Å². The van der Waals surface area contributed by atoms with E-state index >= 15 is 0 Å². The van der Waals surface area contributed by atoms with Crippen LogP contribution in [0.1, 0.15) is 10.4 Å². The molecule has 2 N–H and O–H groups in total. The lowest BCUT2D eigenvalue weighted by atomic mass is 10.2. The van der Waals surface area contributed by atoms with Gasteiger partial charge in [0.15, 0.2) is 0 Å². The summed E-state index contributed by atoms with van der Waals surface area (Å²) in [6.07, 6.45) is 1.70. The Balaban J connectivity index is 3.57. The number of sulfonamides is 1. The summed E-state index contributed by atoms with van der Waals surface area (Å²) in [6, 6.07) is 4.52. The lowest BCUT2D eigenvalue weighted by molar-refractivity contribution is 0.0595. The molecule has 0 saturated carbocycles. The third-order valence-corrected chi connectivity index (χ3v) is 3.81. The first-order chi connectivity index (χ1) is 7.41. The van der Waals surface area contributed by atoms with Crippen molar-refractivity contribution in [3.05, 3.63) is 23.8 Å². The number of ether oxygens (including phenoxy) is 1. The van der Waals surface area contributed by atoms with Gasteiger partial charge in [-0.15, -0.1) is 11.8 Å². The molecule has 1 aromatic carbocycles. The van der Waals surface area contributed by atoms with Crippen LogP contribution >= 0.6 is 11.8 Å². The van der Waals surface area contributed by atoms with Crippen LogP contribution in [0.4, 0.5) is 0 Å². The predicted octanol–water partition coefficient (Wildman–Crippen LogP) is 0.843. The van der Waals surface area contributed by atoms with Crippen LogP contribution in [-0.2, 0) is 14.8 Å². The van der Waals surface area contributed by atoms with Crippen molar-refractivity contribution in [2.75, 3.05) is 13.4 Å². The number of carbonyl (C=O) groups is 1. The molecule has 0 bridgehead atoms. The molecule has 0 aliphatic heterocycles. The molecule has 0 spiro atoms. The highest BCUT2D eigenvalue weighted by molar-refractivity contribution is 7.99. The zero-order valence-corrected chi connectivity index (χ0v) is 10.4. The Morgan fingerprint density at radius 1 is 1.44 bits per heavy atom. The first-order valence-corrected chi connectivity index (χ1v) is 6.97. The fourth-order valence-electron chi connectivity index (χ4n) is 1.24. The number of hydrogen-bond acceptors (Lipinski definition) is 5. The summed E-state index contributed by atoms with van der Waals surface area (Å²) >= 11 is 1.20. The summed E-state index contributed by atoms with van der Waals surface area (Å²) in [4.78, 5) is 11.6. The minimum absolute atomic E-state index is 0.0446. The number of carbonyl (C=O) groups excluding carboxylic acids is 1. The smallest absolute Gasteiger partial charge is 0.339 e. The summed E-state index contributed by atoms with van der Waals surface area (Å²) in [5, 5.41) is 5.08. The van der Waals surface area contributed by atoms with Crippen LogP contribution in [0.25, 0.3) is 0 Å². The van der Waals surface area contributed by atoms with Gasteiger partial charge in [-0.1, -0.05) is 6.07 Å². The van der Waals surface area contributed by atoms with Crippen LogP contribution in [0.2, 0.25) is 0 Å². The van der Waals surface area contributed by atoms with E-state index in [9.17, 15) is 13.2 Å². The zero-order chi connectivity index (χ0) is 12.3. The Morgan fingerprint density at radius 2 is 2.06 bits per heavy atom. The van der Waals surface area contributed by atoms with Gasteiger partial charge in [-0.2, -0.15) is 0 Å². The molecule has 0 unspecified atom stereocenters. The largest absolute Gasteiger partial charge is 0.465 e. The predicted molar refractivity (Wildman–Crippen MR) is 60.9 cm³/mol. The van der Waals surface area contributed by atoms with Crippen molar-refractivity contribution in [1.82, 2.24) is 0 Å². The highest BCUT2D eigenvalue weighted by Crippen LogP contribution is 2.27. The van der Waals surface area contributed by atoms with E-state index in [2.05, 4.69) is 4.74 Å². The average Bonchev–Trinajstić information content (AvgIpc) is 2.25. The monoisotopic (exact) mass is 261 g/mol. The van der Waals surface area contributed by atoms with Gasteiger partial charge in [0, 0.05) is 4.90 Å². The van der Waals surface area contributed by atoms with Gasteiger partial charge in [-0.3, -0.25) is 0 Å². The van der Waals surface area contributed by atoms with Crippen LogP contribution in [0.5, 0.6) is 0 Å². The van der Waals surface area contributed by atoms with E-state index in [1.807, 2.05) is 0 Å². The Bertz CT molecular complexity index is 510. The SMILES string of the molecule is COC(=O)c1cccc(SC)c1S(N)(=O)=O. The van der Waals surface area contributed by atoms with Gasteiger partial charge in [0.25, 0.3) is 0 Å². The molecule has 0 fully saturated rings. The number of hydrogen-bond donors (Lipinski definition) is 1. The molecule has 0 radical (unpaired) electrons. The number of rotatable bonds is 3. The molecule has 0 aromatic heterocycles. The van der Waals surface area contributed by atoms with Crippen molar-refractivity contribution in [2.24, 2.45) is 5.14 Å². The Labute approximate surface area is 98.0 Å². The fraction of sp³-hybridized carbons (Fsp3) is 0.222. The van der Waals surface area contributed by atoms with Gasteiger partial charge >= 0.3 is 5.97 Å². The number of esters is 1. The number of methoxy groups -OCH3 is 1. The second kappa shape index (κ2) is 4.86. The fourth-order valence-corrected chi connectivity index (χ4v) is 3.16. The molecule has 88 valence electrons. The van der Waals surface area contributed by atoms with E-state index in [1.54, 1.807) is 18.4 Å². The van der Waals surface area contributed by atoms with E-state index in [1.165, 1.54) is 24.9 Å². The topological polar surface area (TPSA) is 86.5 Å². The number of benzene rings is 1. The number of primary sulfonamides is 1. The van der Waals surface area contributed by atoms with E-state index in [0.717, 1.165) is 0 Å². The minimum Gasteiger partial charge on any atom is -0.465 e. The van der Waals surface area contributed by atoms with Crippen molar-refractivity contribution < 1.29 is 17.9 Å². The van der Waals surface area contributed by atoms with Crippen molar-refractivity contribution in [1.29, 1.82) is 0 Å². The molecule has 0 heterocycles. The van der Waals surface area contributed by atoms with Crippen LogP contribution in [0.3, 0.4) is 0 Å². The Hall–Kier alpha value is -1.05. The molecule has 0 amide bonds. The van der Waals surface area contributed by atoms with Crippen LogP contribution in [0, 0.1) is 0 Å². The number of nitrogens with two attached hydrogens (primary N) is 1. The third kappa shape index (κ3) is 2.55. The first-order valence-electron chi connectivity index (χ1n) is 4.20. The molecule has 0 aliphatic rings. The second-order valence-electron chi connectivity index (χ2n) is 2.87. The quantitative estimate of drug-likeness (QED) is 0.643. The summed E-state index contributed by atoms with van der Waals surface area (Å²) in [5.74, 6) is -0.722. The van der Waals surface area contributed by atoms with Crippen molar-refractivity contribution in [3.63, 3.8) is 0 Å². The Morgan fingerprint density at radius 3 is 2.50 bits per heavy atom. The molecule has 5 nitrogen and oxygen atoms in total. The van der Waals surface area contributed by atoms with Crippen LogP contribution in [-0.4, -0.2) is 27.8 Å². The highest BCUT2D eigenvalue weighted by atomic mass is 32.2. The maximum atomic E-state index is 11.4. The first kappa shape index (κ1) is 13.0. The standard InChI is InChI=1S/C9H11NO4S2/c1-14-9(11)6-4-3-5-7(15-2)8(6)16(10,12)13/h3-5H,1-2H3,(H2,10,12,13). The van der Waals surface area contributed by atoms with E-state index < -0.39 is 16.0 Å². The maximum absolute atomic E-state index is 11.4. The summed E-state index contributed by atoms with van der Waals surface area (Å²) in [7, 11) is -2.77. The van der Waals surface area contributed by atoms with Crippen molar-refractivity contribution in [2.45, 2.75) is 9.79 Å². The molecule has 0 aliphatic carbocycles. The van der Waals surface area contributed by atoms with Crippen molar-refractivity contribution >= 4 is 27.8 Å². The van der Waals surface area contributed by atoms with Crippen LogP contribution in [0.15, 0.2) is 28.0 Å². The lowest BCUT2D eigenvalue weighted by Crippen LogP contribution is -2.18.